The largest absolute Gasteiger partial charge is 0.477 e. The molecule has 0 saturated carbocycles. The zero-order valence-electron chi connectivity index (χ0n) is 25.2. The molecule has 1 unspecified atom stereocenters. The van der Waals surface area contributed by atoms with E-state index in [1.165, 1.54) is 4.90 Å². The Balaban J connectivity index is 1.58. The zero-order chi connectivity index (χ0) is 33.2. The number of carbonyl (C=O) groups excluding carboxylic acids is 2. The number of fused-ring (bicyclic) bond motifs is 1. The first kappa shape index (κ1) is 33.0. The Morgan fingerprint density at radius 2 is 1.70 bits per heavy atom. The Morgan fingerprint density at radius 1 is 1.00 bits per heavy atom. The van der Waals surface area contributed by atoms with Gasteiger partial charge in [-0.25, -0.2) is 4.98 Å². The minimum absolute atomic E-state index is 0.00181. The van der Waals surface area contributed by atoms with Crippen molar-refractivity contribution in [3.63, 3.8) is 0 Å². The molecule has 46 heavy (non-hydrogen) atoms. The summed E-state index contributed by atoms with van der Waals surface area (Å²) in [5, 5.41) is 0. The first-order chi connectivity index (χ1) is 21.8. The molecule has 2 aliphatic rings. The van der Waals surface area contributed by atoms with Gasteiger partial charge in [-0.1, -0.05) is 24.3 Å². The molecule has 246 valence electrons. The number of rotatable bonds is 6. The van der Waals surface area contributed by atoms with Gasteiger partial charge in [0, 0.05) is 31.7 Å². The highest BCUT2D eigenvalue weighted by molar-refractivity contribution is 6.02. The predicted molar refractivity (Wildman–Crippen MR) is 155 cm³/mol. The fourth-order valence-corrected chi connectivity index (χ4v) is 5.68. The summed E-state index contributed by atoms with van der Waals surface area (Å²) >= 11 is 0. The summed E-state index contributed by atoms with van der Waals surface area (Å²) in [6, 6.07) is 8.42. The molecule has 1 saturated heterocycles. The molecule has 0 spiro atoms. The molecule has 3 heterocycles. The lowest BCUT2D eigenvalue weighted by Crippen LogP contribution is -2.41. The topological polar surface area (TPSA) is 84.9 Å². The number of benzene rings is 2. The Morgan fingerprint density at radius 3 is 2.35 bits per heavy atom. The van der Waals surface area contributed by atoms with Crippen LogP contribution in [0.5, 0.6) is 5.88 Å². The van der Waals surface area contributed by atoms with Crippen molar-refractivity contribution in [2.24, 2.45) is 5.92 Å². The van der Waals surface area contributed by atoms with Gasteiger partial charge in [0.2, 0.25) is 11.8 Å². The monoisotopic (exact) mass is 650 g/mol. The summed E-state index contributed by atoms with van der Waals surface area (Å²) in [7, 11) is 0. The third kappa shape index (κ3) is 7.20. The number of carbonyl (C=O) groups is 2. The molecule has 0 aliphatic carbocycles. The highest BCUT2D eigenvalue weighted by Gasteiger charge is 2.38. The van der Waals surface area contributed by atoms with E-state index in [0.29, 0.717) is 37.1 Å². The van der Waals surface area contributed by atoms with Crippen molar-refractivity contribution in [2.45, 2.75) is 52.0 Å². The summed E-state index contributed by atoms with van der Waals surface area (Å²) in [5.74, 6) is -1.28. The van der Waals surface area contributed by atoms with Crippen LogP contribution < -0.4 is 9.64 Å². The van der Waals surface area contributed by atoms with Crippen molar-refractivity contribution in [1.29, 1.82) is 0 Å². The molecule has 3 aromatic rings. The van der Waals surface area contributed by atoms with E-state index in [1.54, 1.807) is 25.1 Å². The predicted octanol–water partition coefficient (Wildman–Crippen LogP) is 6.69. The molecule has 0 bridgehead atoms. The molecule has 1 atom stereocenters. The highest BCUT2D eigenvalue weighted by Crippen LogP contribution is 2.38. The van der Waals surface area contributed by atoms with Crippen molar-refractivity contribution in [3.05, 3.63) is 70.3 Å². The number of aryl methyl sites for hydroxylation is 1. The molecular weight excluding hydrogens is 618 g/mol. The number of hydrogen-bond acceptors (Lipinski definition) is 7. The van der Waals surface area contributed by atoms with Crippen LogP contribution in [-0.4, -0.2) is 59.6 Å². The third-order valence-corrected chi connectivity index (χ3v) is 7.92. The lowest BCUT2D eigenvalue weighted by Gasteiger charge is -2.33. The van der Waals surface area contributed by atoms with Gasteiger partial charge >= 0.3 is 18.3 Å². The zero-order valence-corrected chi connectivity index (χ0v) is 25.2. The number of anilines is 1. The van der Waals surface area contributed by atoms with Crippen LogP contribution in [-0.2, 0) is 28.4 Å². The number of aromatic nitrogens is 2. The number of piperidine rings is 1. The van der Waals surface area contributed by atoms with E-state index in [4.69, 9.17) is 14.5 Å². The van der Waals surface area contributed by atoms with Gasteiger partial charge in [0.25, 0.3) is 5.91 Å². The number of ether oxygens (including phenoxy) is 2. The molecule has 2 aromatic carbocycles. The lowest BCUT2D eigenvalue weighted by molar-refractivity contribution is -0.148. The number of hydrogen-bond donors (Lipinski definition) is 0. The van der Waals surface area contributed by atoms with Gasteiger partial charge in [-0.05, 0) is 62.4 Å². The van der Waals surface area contributed by atoms with Crippen molar-refractivity contribution < 1.29 is 45.4 Å². The maximum atomic E-state index is 14.2. The first-order valence-corrected chi connectivity index (χ1v) is 14.9. The molecule has 8 nitrogen and oxygen atoms in total. The Hall–Kier alpha value is -4.36. The summed E-state index contributed by atoms with van der Waals surface area (Å²) in [6.45, 7) is 4.14. The molecule has 1 amide bonds. The molecule has 1 aromatic heterocycles. The second kappa shape index (κ2) is 13.2. The van der Waals surface area contributed by atoms with Crippen molar-refractivity contribution in [1.82, 2.24) is 14.9 Å². The van der Waals surface area contributed by atoms with Crippen molar-refractivity contribution in [2.75, 3.05) is 37.7 Å². The number of alkyl halides is 6. The summed E-state index contributed by atoms with van der Waals surface area (Å²) in [4.78, 5) is 39.1. The molecule has 0 N–H and O–H groups in total. The molecular formula is C32H32F6N4O4. The maximum absolute atomic E-state index is 14.2. The number of amides is 1. The summed E-state index contributed by atoms with van der Waals surface area (Å²) < 4.78 is 92.6. The fourth-order valence-electron chi connectivity index (χ4n) is 5.68. The number of nitrogens with zero attached hydrogens (tertiary/aromatic N) is 4. The van der Waals surface area contributed by atoms with Crippen LogP contribution in [0.25, 0.3) is 11.3 Å². The molecule has 0 radical (unpaired) electrons. The first-order valence-electron chi connectivity index (χ1n) is 14.9. The van der Waals surface area contributed by atoms with Crippen LogP contribution in [0.4, 0.5) is 32.3 Å². The summed E-state index contributed by atoms with van der Waals surface area (Å²) in [6.07, 6.45) is -8.53. The molecule has 2 aliphatic heterocycles. The van der Waals surface area contributed by atoms with Gasteiger partial charge in [0.05, 0.1) is 36.0 Å². The van der Waals surface area contributed by atoms with E-state index >= 15 is 0 Å². The average Bonchev–Trinajstić information content (AvgIpc) is 3.00. The standard InChI is InChI=1S/C32H32F6N4O4/c1-3-45-29(44)21-9-6-11-42(18-21)30-39-26(24-10-5-4-8-19(24)2)25-27(40-30)46-13-7-12-41(28(25)43)17-20-14-22(31(33,34)35)16-23(15-20)32(36,37)38/h4-5,8,10,14-16,21H,3,6-7,9,11-13,17-18H2,1-2H3. The van der Waals surface area contributed by atoms with Gasteiger partial charge in [-0.15, -0.1) is 0 Å². The van der Waals surface area contributed by atoms with E-state index in [-0.39, 0.29) is 73.4 Å². The maximum Gasteiger partial charge on any atom is 0.416 e. The van der Waals surface area contributed by atoms with Gasteiger partial charge in [-0.3, -0.25) is 9.59 Å². The van der Waals surface area contributed by atoms with E-state index in [1.807, 2.05) is 17.9 Å². The van der Waals surface area contributed by atoms with E-state index in [0.717, 1.165) is 5.56 Å². The van der Waals surface area contributed by atoms with Crippen molar-refractivity contribution in [3.8, 4) is 17.1 Å². The minimum atomic E-state index is -5.03. The Labute approximate surface area is 261 Å². The third-order valence-electron chi connectivity index (χ3n) is 7.92. The highest BCUT2D eigenvalue weighted by atomic mass is 19.4. The van der Waals surface area contributed by atoms with Crippen LogP contribution in [0, 0.1) is 12.8 Å². The van der Waals surface area contributed by atoms with E-state index in [9.17, 15) is 35.9 Å². The number of esters is 1. The normalized spacial score (nSPS) is 17.6. The van der Waals surface area contributed by atoms with E-state index < -0.39 is 41.8 Å². The van der Waals surface area contributed by atoms with Gasteiger partial charge in [0.15, 0.2) is 0 Å². The van der Waals surface area contributed by atoms with Crippen molar-refractivity contribution >= 4 is 17.8 Å². The van der Waals surface area contributed by atoms with Gasteiger partial charge < -0.3 is 19.3 Å². The quantitative estimate of drug-likeness (QED) is 0.217. The van der Waals surface area contributed by atoms with Crippen LogP contribution in [0.15, 0.2) is 42.5 Å². The minimum Gasteiger partial charge on any atom is -0.477 e. The second-order valence-electron chi connectivity index (χ2n) is 11.2. The van der Waals surface area contributed by atoms with Gasteiger partial charge in [0.1, 0.15) is 5.56 Å². The Kier molecular flexibility index (Phi) is 9.45. The lowest BCUT2D eigenvalue weighted by atomic mass is 9.98. The number of halogens is 6. The molecule has 1 fully saturated rings. The van der Waals surface area contributed by atoms with Crippen LogP contribution in [0.3, 0.4) is 0 Å². The van der Waals surface area contributed by atoms with E-state index in [2.05, 4.69) is 4.98 Å². The smallest absolute Gasteiger partial charge is 0.416 e. The summed E-state index contributed by atoms with van der Waals surface area (Å²) in [5.41, 5.74) is -1.78. The van der Waals surface area contributed by atoms with Gasteiger partial charge in [-0.2, -0.15) is 31.3 Å². The van der Waals surface area contributed by atoms with Crippen LogP contribution in [0.2, 0.25) is 0 Å². The Bertz CT molecular complexity index is 1580. The molecule has 14 heteroatoms. The fraction of sp³-hybridized carbons (Fsp3) is 0.438. The second-order valence-corrected chi connectivity index (χ2v) is 11.2. The molecule has 5 rings (SSSR count). The van der Waals surface area contributed by atoms with Crippen LogP contribution >= 0.6 is 0 Å². The average molecular weight is 651 g/mol. The van der Waals surface area contributed by atoms with Crippen LogP contribution in [0.1, 0.15) is 58.8 Å². The SMILES string of the molecule is CCOC(=O)C1CCCN(c2nc3c(c(-c4ccccc4C)n2)C(=O)N(Cc2cc(C(F)(F)F)cc(C(F)(F)F)c2)CCCO3)C1.